The number of rotatable bonds is 3. The molecule has 1 N–H and O–H groups in total. The Bertz CT molecular complexity index is 765. The van der Waals surface area contributed by atoms with Crippen LogP contribution in [0.15, 0.2) is 42.6 Å². The van der Waals surface area contributed by atoms with Crippen LogP contribution in [0.1, 0.15) is 23.7 Å². The van der Waals surface area contributed by atoms with Crippen molar-refractivity contribution in [2.24, 2.45) is 0 Å². The van der Waals surface area contributed by atoms with Crippen LogP contribution in [0.4, 0.5) is 0 Å². The molecule has 1 aliphatic heterocycles. The van der Waals surface area contributed by atoms with Gasteiger partial charge in [-0.15, -0.1) is 0 Å². The van der Waals surface area contributed by atoms with E-state index in [0.717, 1.165) is 48.1 Å². The summed E-state index contributed by atoms with van der Waals surface area (Å²) in [6.45, 7) is 3.05. The zero-order valence-corrected chi connectivity index (χ0v) is 12.9. The van der Waals surface area contributed by atoms with Gasteiger partial charge in [-0.1, -0.05) is 23.7 Å². The maximum Gasteiger partial charge on any atom is 0.177 e. The number of imidazole rings is 1. The predicted molar refractivity (Wildman–Crippen MR) is 88.0 cm³/mol. The number of nitrogens with zero attached hydrogens (tertiary/aromatic N) is 3. The molecule has 1 saturated heterocycles. The second kappa shape index (κ2) is 5.71. The highest BCUT2D eigenvalue weighted by Gasteiger charge is 2.26. The molecule has 4 rings (SSSR count). The average molecular weight is 313 g/mol. The minimum absolute atomic E-state index is 0.452. The van der Waals surface area contributed by atoms with Crippen molar-refractivity contribution >= 4 is 22.8 Å². The van der Waals surface area contributed by atoms with Crippen molar-refractivity contribution in [2.75, 3.05) is 13.1 Å². The van der Waals surface area contributed by atoms with Gasteiger partial charge in [0.05, 0.1) is 5.52 Å². The largest absolute Gasteiger partial charge is 0.340 e. The van der Waals surface area contributed by atoms with Crippen molar-refractivity contribution in [2.45, 2.75) is 18.9 Å². The molecule has 1 fully saturated rings. The van der Waals surface area contributed by atoms with E-state index < -0.39 is 0 Å². The van der Waals surface area contributed by atoms with E-state index in [0.29, 0.717) is 5.92 Å². The van der Waals surface area contributed by atoms with Crippen LogP contribution in [0, 0.1) is 0 Å². The van der Waals surface area contributed by atoms with E-state index in [9.17, 15) is 0 Å². The van der Waals surface area contributed by atoms with Crippen LogP contribution < -0.4 is 0 Å². The van der Waals surface area contributed by atoms with Gasteiger partial charge in [-0.2, -0.15) is 0 Å². The number of hydrogen-bond donors (Lipinski definition) is 1. The number of likely N-dealkylation sites (tertiary alicyclic amines) is 1. The third-order valence-electron chi connectivity index (χ3n) is 4.23. The minimum Gasteiger partial charge on any atom is -0.340 e. The molecule has 2 aromatic heterocycles. The number of benzene rings is 1. The first-order valence-electron chi connectivity index (χ1n) is 7.55. The molecule has 0 spiro atoms. The molecule has 0 aliphatic carbocycles. The smallest absolute Gasteiger partial charge is 0.177 e. The van der Waals surface area contributed by atoms with Crippen molar-refractivity contribution < 1.29 is 0 Å². The molecule has 1 atom stereocenters. The van der Waals surface area contributed by atoms with Crippen molar-refractivity contribution in [3.63, 3.8) is 0 Å². The molecule has 0 radical (unpaired) electrons. The molecule has 1 aliphatic rings. The average Bonchev–Trinajstić information content (AvgIpc) is 3.13. The number of aromatic nitrogens is 3. The second-order valence-corrected chi connectivity index (χ2v) is 6.28. The number of hydrogen-bond acceptors (Lipinski definition) is 3. The van der Waals surface area contributed by atoms with Crippen molar-refractivity contribution in [1.29, 1.82) is 0 Å². The van der Waals surface area contributed by atoms with E-state index in [1.807, 2.05) is 30.3 Å². The fourth-order valence-corrected chi connectivity index (χ4v) is 3.36. The Morgan fingerprint density at radius 1 is 1.27 bits per heavy atom. The number of nitrogens with one attached hydrogen (secondary N) is 1. The standard InChI is InChI=1S/C17H17ClN4/c18-14-4-1-3-12(9-14)10-22-8-6-13(11-22)16-20-15-5-2-7-19-17(15)21-16/h1-5,7,9,13H,6,8,10-11H2,(H,19,20,21)/t13-/m0/s1. The van der Waals surface area contributed by atoms with Crippen LogP contribution >= 0.6 is 11.6 Å². The Morgan fingerprint density at radius 3 is 3.09 bits per heavy atom. The van der Waals surface area contributed by atoms with Gasteiger partial charge in [0.15, 0.2) is 5.65 Å². The Labute approximate surface area is 134 Å². The highest BCUT2D eigenvalue weighted by molar-refractivity contribution is 6.30. The minimum atomic E-state index is 0.452. The third-order valence-corrected chi connectivity index (χ3v) is 4.47. The summed E-state index contributed by atoms with van der Waals surface area (Å²) in [6, 6.07) is 12.1. The number of fused-ring (bicyclic) bond motifs is 1. The molecule has 0 amide bonds. The maximum absolute atomic E-state index is 6.06. The lowest BCUT2D eigenvalue weighted by Crippen LogP contribution is -2.19. The second-order valence-electron chi connectivity index (χ2n) is 5.85. The van der Waals surface area contributed by atoms with Gasteiger partial charge in [-0.3, -0.25) is 4.90 Å². The Kier molecular flexibility index (Phi) is 3.56. The van der Waals surface area contributed by atoms with E-state index in [4.69, 9.17) is 11.6 Å². The fraction of sp³-hybridized carbons (Fsp3) is 0.294. The molecule has 0 unspecified atom stereocenters. The van der Waals surface area contributed by atoms with Gasteiger partial charge in [0.25, 0.3) is 0 Å². The zero-order valence-electron chi connectivity index (χ0n) is 12.2. The molecular weight excluding hydrogens is 296 g/mol. The summed E-state index contributed by atoms with van der Waals surface area (Å²) in [7, 11) is 0. The highest BCUT2D eigenvalue weighted by atomic mass is 35.5. The van der Waals surface area contributed by atoms with Crippen LogP contribution in [0.25, 0.3) is 11.2 Å². The summed E-state index contributed by atoms with van der Waals surface area (Å²) < 4.78 is 0. The Morgan fingerprint density at radius 2 is 2.23 bits per heavy atom. The van der Waals surface area contributed by atoms with Crippen molar-refractivity contribution in [1.82, 2.24) is 19.9 Å². The molecule has 112 valence electrons. The van der Waals surface area contributed by atoms with Gasteiger partial charge in [0.2, 0.25) is 0 Å². The Hall–Kier alpha value is -1.91. The van der Waals surface area contributed by atoms with E-state index in [-0.39, 0.29) is 0 Å². The summed E-state index contributed by atoms with van der Waals surface area (Å²) in [5.74, 6) is 1.51. The zero-order chi connectivity index (χ0) is 14.9. The first kappa shape index (κ1) is 13.7. The lowest BCUT2D eigenvalue weighted by molar-refractivity contribution is 0.326. The van der Waals surface area contributed by atoms with Crippen LogP contribution in [0.3, 0.4) is 0 Å². The number of pyridine rings is 1. The topological polar surface area (TPSA) is 44.8 Å². The normalized spacial score (nSPS) is 19.0. The van der Waals surface area contributed by atoms with Gasteiger partial charge in [-0.25, -0.2) is 9.97 Å². The molecule has 0 saturated carbocycles. The van der Waals surface area contributed by atoms with Crippen molar-refractivity contribution in [3.05, 3.63) is 59.0 Å². The van der Waals surface area contributed by atoms with E-state index in [1.165, 1.54) is 5.56 Å². The third kappa shape index (κ3) is 2.72. The van der Waals surface area contributed by atoms with Gasteiger partial charge < -0.3 is 4.98 Å². The lowest BCUT2D eigenvalue weighted by Gasteiger charge is -2.15. The van der Waals surface area contributed by atoms with E-state index in [1.54, 1.807) is 6.20 Å². The van der Waals surface area contributed by atoms with Gasteiger partial charge in [-0.05, 0) is 42.8 Å². The summed E-state index contributed by atoms with van der Waals surface area (Å²) in [4.78, 5) is 14.8. The highest BCUT2D eigenvalue weighted by Crippen LogP contribution is 2.27. The number of halogens is 1. The Balaban J connectivity index is 1.47. The lowest BCUT2D eigenvalue weighted by atomic mass is 10.1. The van der Waals surface area contributed by atoms with Gasteiger partial charge >= 0.3 is 0 Å². The molecule has 0 bridgehead atoms. The van der Waals surface area contributed by atoms with Crippen LogP contribution in [0.5, 0.6) is 0 Å². The molecule has 3 heterocycles. The maximum atomic E-state index is 6.06. The monoisotopic (exact) mass is 312 g/mol. The summed E-state index contributed by atoms with van der Waals surface area (Å²) >= 11 is 6.06. The number of H-pyrrole nitrogens is 1. The van der Waals surface area contributed by atoms with Crippen LogP contribution in [0.2, 0.25) is 5.02 Å². The van der Waals surface area contributed by atoms with Crippen LogP contribution in [-0.4, -0.2) is 32.9 Å². The first-order valence-corrected chi connectivity index (χ1v) is 7.93. The summed E-state index contributed by atoms with van der Waals surface area (Å²) in [5.41, 5.74) is 3.09. The van der Waals surface area contributed by atoms with Crippen LogP contribution in [-0.2, 0) is 6.54 Å². The first-order chi connectivity index (χ1) is 10.8. The quantitative estimate of drug-likeness (QED) is 0.803. The SMILES string of the molecule is Clc1cccc(CN2CC[C@H](c3nc4ncccc4[nH]3)C2)c1. The molecule has 22 heavy (non-hydrogen) atoms. The number of aromatic amines is 1. The molecular formula is C17H17ClN4. The van der Waals surface area contributed by atoms with E-state index >= 15 is 0 Å². The van der Waals surface area contributed by atoms with E-state index in [2.05, 4.69) is 25.9 Å². The summed E-state index contributed by atoms with van der Waals surface area (Å²) in [5, 5.41) is 0.802. The predicted octanol–water partition coefficient (Wildman–Crippen LogP) is 3.60. The van der Waals surface area contributed by atoms with Gasteiger partial charge in [0, 0.05) is 30.2 Å². The molecule has 5 heteroatoms. The summed E-state index contributed by atoms with van der Waals surface area (Å²) in [6.07, 6.45) is 2.91. The van der Waals surface area contributed by atoms with Crippen molar-refractivity contribution in [3.8, 4) is 0 Å². The molecule has 3 aromatic rings. The molecule has 4 nitrogen and oxygen atoms in total. The molecule has 1 aromatic carbocycles. The fourth-order valence-electron chi connectivity index (χ4n) is 3.15. The van der Waals surface area contributed by atoms with Gasteiger partial charge in [0.1, 0.15) is 5.82 Å².